The number of hydrogen-bond donors (Lipinski definition) is 3. The van der Waals surface area contributed by atoms with Crippen molar-refractivity contribution in [1.82, 2.24) is 20.4 Å². The van der Waals surface area contributed by atoms with Gasteiger partial charge in [0.2, 0.25) is 5.91 Å². The van der Waals surface area contributed by atoms with Crippen LogP contribution in [0.1, 0.15) is 5.56 Å². The van der Waals surface area contributed by atoms with Gasteiger partial charge in [0.05, 0.1) is 24.0 Å². The number of aromatic nitrogens is 4. The third kappa shape index (κ3) is 4.70. The predicted molar refractivity (Wildman–Crippen MR) is 101 cm³/mol. The molecule has 0 spiro atoms. The summed E-state index contributed by atoms with van der Waals surface area (Å²) in [7, 11) is 0. The van der Waals surface area contributed by atoms with Crippen molar-refractivity contribution < 1.29 is 19.0 Å². The molecular weight excluding hydrogens is 389 g/mol. The number of aromatic amines is 1. The minimum atomic E-state index is -0.577. The summed E-state index contributed by atoms with van der Waals surface area (Å²) in [6, 6.07) is 5.88. The lowest BCUT2D eigenvalue weighted by atomic mass is 10.2. The van der Waals surface area contributed by atoms with Gasteiger partial charge in [-0.1, -0.05) is 17.7 Å². The van der Waals surface area contributed by atoms with Crippen LogP contribution in [0, 0.1) is 5.82 Å². The highest BCUT2D eigenvalue weighted by molar-refractivity contribution is 6.30. The zero-order chi connectivity index (χ0) is 19.9. The van der Waals surface area contributed by atoms with Gasteiger partial charge in [-0.2, -0.15) is 15.3 Å². The maximum Gasteiger partial charge on any atom is 0.249 e. The number of carbonyl (C=O) groups is 1. The van der Waals surface area contributed by atoms with Crippen LogP contribution in [0.15, 0.2) is 42.7 Å². The highest BCUT2D eigenvalue weighted by Crippen LogP contribution is 2.33. The van der Waals surface area contributed by atoms with Crippen molar-refractivity contribution in [2.45, 2.75) is 0 Å². The van der Waals surface area contributed by atoms with Crippen LogP contribution in [0.2, 0.25) is 5.02 Å². The van der Waals surface area contributed by atoms with Gasteiger partial charge in [0.1, 0.15) is 18.1 Å². The molecule has 3 N–H and O–H groups in total. The summed E-state index contributed by atoms with van der Waals surface area (Å²) >= 11 is 5.63. The van der Waals surface area contributed by atoms with E-state index >= 15 is 0 Å². The summed E-state index contributed by atoms with van der Waals surface area (Å²) < 4.78 is 19.0. The summed E-state index contributed by atoms with van der Waals surface area (Å²) in [6.45, 7) is -0.206. The Morgan fingerprint density at radius 3 is 2.93 bits per heavy atom. The van der Waals surface area contributed by atoms with Crippen molar-refractivity contribution in [1.29, 1.82) is 0 Å². The van der Waals surface area contributed by atoms with Gasteiger partial charge in [-0.25, -0.2) is 4.39 Å². The van der Waals surface area contributed by atoms with Crippen LogP contribution < -0.4 is 10.1 Å². The summed E-state index contributed by atoms with van der Waals surface area (Å²) in [4.78, 5) is 12.2. The van der Waals surface area contributed by atoms with E-state index in [2.05, 4.69) is 25.7 Å². The molecule has 0 aliphatic heterocycles. The lowest BCUT2D eigenvalue weighted by Gasteiger charge is -2.07. The second-order valence-electron chi connectivity index (χ2n) is 5.48. The van der Waals surface area contributed by atoms with Crippen molar-refractivity contribution in [2.75, 3.05) is 18.5 Å². The summed E-state index contributed by atoms with van der Waals surface area (Å²) in [5.74, 6) is -0.694. The minimum absolute atomic E-state index is 0.00179. The van der Waals surface area contributed by atoms with E-state index in [-0.39, 0.29) is 29.8 Å². The number of nitrogens with one attached hydrogen (secondary N) is 2. The Bertz CT molecular complexity index is 994. The van der Waals surface area contributed by atoms with Gasteiger partial charge in [-0.3, -0.25) is 9.89 Å². The normalized spacial score (nSPS) is 11.0. The number of amides is 1. The SMILES string of the molecule is O=C(C=Cc1ccc(Cl)c(F)c1)Nc1n[nH]c(-c2ccnnc2)c1OCCO. The Labute approximate surface area is 164 Å². The van der Waals surface area contributed by atoms with E-state index in [0.717, 1.165) is 0 Å². The summed E-state index contributed by atoms with van der Waals surface area (Å²) in [5, 5.41) is 25.9. The minimum Gasteiger partial charge on any atom is -0.485 e. The lowest BCUT2D eigenvalue weighted by Crippen LogP contribution is -2.10. The second-order valence-corrected chi connectivity index (χ2v) is 5.88. The maximum absolute atomic E-state index is 13.5. The molecule has 0 aliphatic rings. The fourth-order valence-electron chi connectivity index (χ4n) is 2.29. The Hall–Kier alpha value is -3.30. The molecule has 28 heavy (non-hydrogen) atoms. The van der Waals surface area contributed by atoms with Gasteiger partial charge in [0.15, 0.2) is 11.6 Å². The molecule has 1 aromatic carbocycles. The topological polar surface area (TPSA) is 113 Å². The van der Waals surface area contributed by atoms with Gasteiger partial charge in [-0.15, -0.1) is 0 Å². The fourth-order valence-corrected chi connectivity index (χ4v) is 2.40. The molecule has 0 unspecified atom stereocenters. The van der Waals surface area contributed by atoms with Crippen LogP contribution in [0.4, 0.5) is 10.2 Å². The first-order chi connectivity index (χ1) is 13.6. The van der Waals surface area contributed by atoms with Crippen LogP contribution in [0.25, 0.3) is 17.3 Å². The molecule has 0 fully saturated rings. The Kier molecular flexibility index (Phi) is 6.30. The molecule has 10 heteroatoms. The van der Waals surface area contributed by atoms with Gasteiger partial charge in [0, 0.05) is 11.6 Å². The van der Waals surface area contributed by atoms with Gasteiger partial charge < -0.3 is 15.2 Å². The number of nitrogens with zero attached hydrogens (tertiary/aromatic N) is 3. The predicted octanol–water partition coefficient (Wildman–Crippen LogP) is 2.68. The number of aliphatic hydroxyl groups is 1. The number of ether oxygens (including phenoxy) is 1. The number of carbonyl (C=O) groups excluding carboxylic acids is 1. The average Bonchev–Trinajstić information content (AvgIpc) is 3.10. The van der Waals surface area contributed by atoms with Crippen molar-refractivity contribution in [2.24, 2.45) is 0 Å². The third-order valence-electron chi connectivity index (χ3n) is 3.54. The number of hydrogen-bond acceptors (Lipinski definition) is 6. The van der Waals surface area contributed by atoms with Crippen molar-refractivity contribution >= 4 is 29.4 Å². The number of rotatable bonds is 7. The molecule has 0 bridgehead atoms. The van der Waals surface area contributed by atoms with Crippen LogP contribution >= 0.6 is 11.6 Å². The van der Waals surface area contributed by atoms with Gasteiger partial charge >= 0.3 is 0 Å². The first kappa shape index (κ1) is 19.5. The summed E-state index contributed by atoms with van der Waals surface area (Å²) in [5.41, 5.74) is 1.59. The number of aliphatic hydroxyl groups excluding tert-OH is 1. The van der Waals surface area contributed by atoms with E-state index < -0.39 is 11.7 Å². The van der Waals surface area contributed by atoms with Crippen molar-refractivity contribution in [3.63, 3.8) is 0 Å². The molecule has 144 valence electrons. The molecule has 3 aromatic rings. The monoisotopic (exact) mass is 403 g/mol. The Morgan fingerprint density at radius 1 is 1.36 bits per heavy atom. The van der Waals surface area contributed by atoms with Crippen LogP contribution in [0.3, 0.4) is 0 Å². The first-order valence-corrected chi connectivity index (χ1v) is 8.49. The van der Waals surface area contributed by atoms with E-state index in [1.54, 1.807) is 12.1 Å². The average molecular weight is 404 g/mol. The van der Waals surface area contributed by atoms with Gasteiger partial charge in [-0.05, 0) is 29.8 Å². The molecule has 0 aliphatic carbocycles. The van der Waals surface area contributed by atoms with Crippen molar-refractivity contribution in [3.8, 4) is 17.0 Å². The standard InChI is InChI=1S/C18H15ClFN5O3/c19-13-3-1-11(9-14(13)20)2-4-15(27)23-18-17(28-8-7-26)16(24-25-18)12-5-6-21-22-10-12/h1-6,9-10,26H,7-8H2,(H2,23,24,25,27). The van der Waals surface area contributed by atoms with Crippen LogP contribution in [-0.2, 0) is 4.79 Å². The van der Waals surface area contributed by atoms with Crippen LogP contribution in [-0.4, -0.2) is 44.6 Å². The quantitative estimate of drug-likeness (QED) is 0.523. The molecule has 0 saturated heterocycles. The molecule has 0 saturated carbocycles. The largest absolute Gasteiger partial charge is 0.485 e. The summed E-state index contributed by atoms with van der Waals surface area (Å²) in [6.07, 6.45) is 5.66. The molecule has 1 amide bonds. The highest BCUT2D eigenvalue weighted by Gasteiger charge is 2.18. The number of halogens is 2. The Morgan fingerprint density at radius 2 is 2.21 bits per heavy atom. The second kappa shape index (κ2) is 9.07. The van der Waals surface area contributed by atoms with E-state index in [9.17, 15) is 9.18 Å². The van der Waals surface area contributed by atoms with Gasteiger partial charge in [0.25, 0.3) is 0 Å². The van der Waals surface area contributed by atoms with E-state index in [1.807, 2.05) is 0 Å². The third-order valence-corrected chi connectivity index (χ3v) is 3.85. The van der Waals surface area contributed by atoms with Crippen molar-refractivity contribution in [3.05, 3.63) is 59.1 Å². The molecule has 3 rings (SSSR count). The molecule has 2 heterocycles. The van der Waals surface area contributed by atoms with E-state index in [1.165, 1.54) is 36.7 Å². The Balaban J connectivity index is 1.79. The maximum atomic E-state index is 13.5. The van der Waals surface area contributed by atoms with Crippen LogP contribution in [0.5, 0.6) is 5.75 Å². The molecular formula is C18H15ClFN5O3. The molecule has 8 nitrogen and oxygen atoms in total. The smallest absolute Gasteiger partial charge is 0.249 e. The number of anilines is 1. The number of H-pyrrole nitrogens is 1. The zero-order valence-corrected chi connectivity index (χ0v) is 15.2. The first-order valence-electron chi connectivity index (χ1n) is 8.11. The zero-order valence-electron chi connectivity index (χ0n) is 14.4. The van der Waals surface area contributed by atoms with E-state index in [0.29, 0.717) is 16.8 Å². The highest BCUT2D eigenvalue weighted by atomic mass is 35.5. The molecule has 0 atom stereocenters. The van der Waals surface area contributed by atoms with E-state index in [4.69, 9.17) is 21.4 Å². The molecule has 0 radical (unpaired) electrons. The number of benzene rings is 1. The molecule has 2 aromatic heterocycles. The fraction of sp³-hybridized carbons (Fsp3) is 0.111. The lowest BCUT2D eigenvalue weighted by molar-refractivity contribution is -0.111.